The molecule has 0 aliphatic heterocycles. The molecule has 1 aromatic heterocycles. The number of amides is 1. The van der Waals surface area contributed by atoms with Gasteiger partial charge in [-0.3, -0.25) is 4.79 Å². The normalized spacial score (nSPS) is 13.5. The van der Waals surface area contributed by atoms with Crippen molar-refractivity contribution >= 4 is 28.5 Å². The number of furan rings is 1. The van der Waals surface area contributed by atoms with Crippen molar-refractivity contribution in [2.75, 3.05) is 5.88 Å². The van der Waals surface area contributed by atoms with Gasteiger partial charge in [0.1, 0.15) is 11.3 Å². The monoisotopic (exact) mass is 279 g/mol. The van der Waals surface area contributed by atoms with Gasteiger partial charge in [-0.1, -0.05) is 18.2 Å². The average Bonchev–Trinajstić information content (AvgIpc) is 2.82. The lowest BCUT2D eigenvalue weighted by Crippen LogP contribution is -2.39. The third-order valence-corrected chi connectivity index (χ3v) is 3.84. The Hall–Kier alpha value is -1.48. The summed E-state index contributed by atoms with van der Waals surface area (Å²) in [6, 6.07) is 9.56. The standard InChI is InChI=1S/C15H18ClNO2/c1-10(17-14(18)15(2,3)9-16)13-8-11-6-4-5-7-12(11)19-13/h4-8,10H,9H2,1-3H3,(H,17,18). The summed E-state index contributed by atoms with van der Waals surface area (Å²) in [6.07, 6.45) is 0. The Bertz CT molecular complexity index is 556. The molecule has 102 valence electrons. The van der Waals surface area contributed by atoms with Crippen LogP contribution in [-0.4, -0.2) is 11.8 Å². The number of halogens is 1. The zero-order valence-corrected chi connectivity index (χ0v) is 12.1. The fraction of sp³-hybridized carbons (Fsp3) is 0.400. The van der Waals surface area contributed by atoms with Crippen LogP contribution in [0.1, 0.15) is 32.6 Å². The van der Waals surface area contributed by atoms with E-state index in [1.54, 1.807) is 0 Å². The van der Waals surface area contributed by atoms with Crippen LogP contribution in [0.4, 0.5) is 0 Å². The molecule has 1 heterocycles. The Kier molecular flexibility index (Phi) is 3.85. The first-order chi connectivity index (χ1) is 8.94. The molecule has 0 saturated heterocycles. The summed E-state index contributed by atoms with van der Waals surface area (Å²) < 4.78 is 5.73. The summed E-state index contributed by atoms with van der Waals surface area (Å²) in [5.41, 5.74) is 0.247. The van der Waals surface area contributed by atoms with Crippen LogP contribution in [0.25, 0.3) is 11.0 Å². The minimum Gasteiger partial charge on any atom is -0.459 e. The summed E-state index contributed by atoms with van der Waals surface area (Å²) in [5.74, 6) is 0.960. The number of hydrogen-bond donors (Lipinski definition) is 1. The number of benzene rings is 1. The first-order valence-electron chi connectivity index (χ1n) is 6.29. The molecule has 0 fully saturated rings. The number of para-hydroxylation sites is 1. The van der Waals surface area contributed by atoms with E-state index in [4.69, 9.17) is 16.0 Å². The van der Waals surface area contributed by atoms with Gasteiger partial charge >= 0.3 is 0 Å². The van der Waals surface area contributed by atoms with Crippen molar-refractivity contribution in [1.29, 1.82) is 0 Å². The topological polar surface area (TPSA) is 42.2 Å². The lowest BCUT2D eigenvalue weighted by atomic mass is 9.95. The Labute approximate surface area is 117 Å². The van der Waals surface area contributed by atoms with E-state index < -0.39 is 5.41 Å². The SMILES string of the molecule is CC(NC(=O)C(C)(C)CCl)c1cc2ccccc2o1. The molecule has 1 unspecified atom stereocenters. The first-order valence-corrected chi connectivity index (χ1v) is 6.83. The Balaban J connectivity index is 2.16. The summed E-state index contributed by atoms with van der Waals surface area (Å²) in [6.45, 7) is 5.54. The minimum atomic E-state index is -0.582. The molecule has 0 radical (unpaired) electrons. The molecule has 0 bridgehead atoms. The molecule has 0 aliphatic rings. The van der Waals surface area contributed by atoms with Crippen molar-refractivity contribution < 1.29 is 9.21 Å². The van der Waals surface area contributed by atoms with E-state index in [0.717, 1.165) is 16.7 Å². The highest BCUT2D eigenvalue weighted by Gasteiger charge is 2.28. The van der Waals surface area contributed by atoms with Gasteiger partial charge in [-0.25, -0.2) is 0 Å². The molecule has 0 aliphatic carbocycles. The summed E-state index contributed by atoms with van der Waals surface area (Å²) >= 11 is 5.80. The molecule has 1 aromatic carbocycles. The largest absolute Gasteiger partial charge is 0.459 e. The van der Waals surface area contributed by atoms with Crippen molar-refractivity contribution in [3.05, 3.63) is 36.1 Å². The third-order valence-electron chi connectivity index (χ3n) is 3.17. The molecule has 2 rings (SSSR count). The molecule has 1 N–H and O–H groups in total. The van der Waals surface area contributed by atoms with Gasteiger partial charge in [0, 0.05) is 11.3 Å². The number of alkyl halides is 1. The highest BCUT2D eigenvalue weighted by Crippen LogP contribution is 2.25. The van der Waals surface area contributed by atoms with Crippen molar-refractivity contribution in [3.63, 3.8) is 0 Å². The average molecular weight is 280 g/mol. The van der Waals surface area contributed by atoms with Gasteiger partial charge in [-0.2, -0.15) is 0 Å². The van der Waals surface area contributed by atoms with Crippen LogP contribution in [-0.2, 0) is 4.79 Å². The Morgan fingerprint density at radius 2 is 2.11 bits per heavy atom. The van der Waals surface area contributed by atoms with Crippen LogP contribution in [0.5, 0.6) is 0 Å². The highest BCUT2D eigenvalue weighted by molar-refractivity contribution is 6.19. The van der Waals surface area contributed by atoms with Crippen LogP contribution in [0.2, 0.25) is 0 Å². The van der Waals surface area contributed by atoms with E-state index >= 15 is 0 Å². The van der Waals surface area contributed by atoms with Crippen LogP contribution in [0, 0.1) is 5.41 Å². The zero-order valence-electron chi connectivity index (χ0n) is 11.4. The fourth-order valence-electron chi connectivity index (χ4n) is 1.74. The third kappa shape index (κ3) is 2.92. The molecule has 0 saturated carbocycles. The molecule has 1 atom stereocenters. The van der Waals surface area contributed by atoms with Crippen LogP contribution in [0.3, 0.4) is 0 Å². The maximum Gasteiger partial charge on any atom is 0.227 e. The molecule has 3 nitrogen and oxygen atoms in total. The lowest BCUT2D eigenvalue weighted by molar-refractivity contribution is -0.129. The van der Waals surface area contributed by atoms with Gasteiger partial charge in [0.15, 0.2) is 0 Å². The van der Waals surface area contributed by atoms with E-state index in [9.17, 15) is 4.79 Å². The number of carbonyl (C=O) groups is 1. The second-order valence-electron chi connectivity index (χ2n) is 5.40. The number of fused-ring (bicyclic) bond motifs is 1. The molecular weight excluding hydrogens is 262 g/mol. The first kappa shape index (κ1) is 13.9. The van der Waals surface area contributed by atoms with Gasteiger partial charge in [0.05, 0.1) is 11.5 Å². The molecule has 4 heteroatoms. The van der Waals surface area contributed by atoms with E-state index in [2.05, 4.69) is 5.32 Å². The van der Waals surface area contributed by atoms with Crippen LogP contribution < -0.4 is 5.32 Å². The molecular formula is C15H18ClNO2. The second-order valence-corrected chi connectivity index (χ2v) is 5.67. The maximum absolute atomic E-state index is 12.1. The predicted octanol–water partition coefficient (Wildman–Crippen LogP) is 3.88. The summed E-state index contributed by atoms with van der Waals surface area (Å²) in [4.78, 5) is 12.1. The number of hydrogen-bond acceptors (Lipinski definition) is 2. The van der Waals surface area contributed by atoms with Crippen LogP contribution >= 0.6 is 11.6 Å². The van der Waals surface area contributed by atoms with Crippen LogP contribution in [0.15, 0.2) is 34.7 Å². The Morgan fingerprint density at radius 3 is 2.74 bits per heavy atom. The molecule has 19 heavy (non-hydrogen) atoms. The second kappa shape index (κ2) is 5.25. The fourth-order valence-corrected chi connectivity index (χ4v) is 1.86. The van der Waals surface area contributed by atoms with Gasteiger partial charge in [-0.05, 0) is 32.9 Å². The van der Waals surface area contributed by atoms with E-state index in [1.807, 2.05) is 51.1 Å². The minimum absolute atomic E-state index is 0.0737. The lowest BCUT2D eigenvalue weighted by Gasteiger charge is -2.22. The van der Waals surface area contributed by atoms with Gasteiger partial charge in [-0.15, -0.1) is 11.6 Å². The molecule has 2 aromatic rings. The van der Waals surface area contributed by atoms with E-state index in [0.29, 0.717) is 0 Å². The summed E-state index contributed by atoms with van der Waals surface area (Å²) in [5, 5.41) is 3.97. The molecule has 1 amide bonds. The predicted molar refractivity (Wildman–Crippen MR) is 77.3 cm³/mol. The number of rotatable bonds is 4. The van der Waals surface area contributed by atoms with Crippen molar-refractivity contribution in [2.45, 2.75) is 26.8 Å². The zero-order chi connectivity index (χ0) is 14.0. The van der Waals surface area contributed by atoms with Crippen molar-refractivity contribution in [3.8, 4) is 0 Å². The van der Waals surface area contributed by atoms with Crippen molar-refractivity contribution in [2.24, 2.45) is 5.41 Å². The van der Waals surface area contributed by atoms with Crippen molar-refractivity contribution in [1.82, 2.24) is 5.32 Å². The van der Waals surface area contributed by atoms with Gasteiger partial charge in [0.2, 0.25) is 5.91 Å². The number of nitrogens with one attached hydrogen (secondary N) is 1. The molecule has 0 spiro atoms. The Morgan fingerprint density at radius 1 is 1.42 bits per heavy atom. The number of carbonyl (C=O) groups excluding carboxylic acids is 1. The van der Waals surface area contributed by atoms with E-state index in [-0.39, 0.29) is 17.8 Å². The maximum atomic E-state index is 12.1. The van der Waals surface area contributed by atoms with Gasteiger partial charge in [0.25, 0.3) is 0 Å². The highest BCUT2D eigenvalue weighted by atomic mass is 35.5. The van der Waals surface area contributed by atoms with Gasteiger partial charge < -0.3 is 9.73 Å². The quantitative estimate of drug-likeness (QED) is 0.863. The van der Waals surface area contributed by atoms with E-state index in [1.165, 1.54) is 0 Å². The summed E-state index contributed by atoms with van der Waals surface area (Å²) in [7, 11) is 0. The smallest absolute Gasteiger partial charge is 0.227 e.